The van der Waals surface area contributed by atoms with Gasteiger partial charge in [0.15, 0.2) is 0 Å². The minimum Gasteiger partial charge on any atom is -0.343 e. The minimum absolute atomic E-state index is 0.588. The molecular weight excluding hydrogens is 268 g/mol. The van der Waals surface area contributed by atoms with Crippen molar-refractivity contribution in [3.8, 4) is 0 Å². The zero-order valence-corrected chi connectivity index (χ0v) is 13.9. The first-order valence-corrected chi connectivity index (χ1v) is 8.78. The van der Waals surface area contributed by atoms with E-state index in [1.165, 1.54) is 19.3 Å². The summed E-state index contributed by atoms with van der Waals surface area (Å²) in [5.74, 6) is 1.73. The quantitative estimate of drug-likeness (QED) is 0.839. The first-order chi connectivity index (χ1) is 9.70. The van der Waals surface area contributed by atoms with Gasteiger partial charge in [-0.25, -0.2) is 4.98 Å². The number of rotatable bonds is 7. The molecule has 0 aromatic carbocycles. The molecule has 2 rings (SSSR count). The van der Waals surface area contributed by atoms with Crippen molar-refractivity contribution in [3.05, 3.63) is 5.82 Å². The molecule has 0 bridgehead atoms. The highest BCUT2D eigenvalue weighted by molar-refractivity contribution is 7.09. The van der Waals surface area contributed by atoms with Crippen molar-refractivity contribution in [2.24, 2.45) is 5.92 Å². The first kappa shape index (κ1) is 15.7. The second kappa shape index (κ2) is 7.93. The Bertz CT molecular complexity index is 391. The summed E-state index contributed by atoms with van der Waals surface area (Å²) in [5.41, 5.74) is 0. The summed E-state index contributed by atoms with van der Waals surface area (Å²) in [6.45, 7) is 10.00. The molecule has 2 heterocycles. The van der Waals surface area contributed by atoms with Gasteiger partial charge in [0.1, 0.15) is 5.82 Å². The van der Waals surface area contributed by atoms with E-state index in [2.05, 4.69) is 35.4 Å². The van der Waals surface area contributed by atoms with Gasteiger partial charge in [-0.1, -0.05) is 20.8 Å². The van der Waals surface area contributed by atoms with Gasteiger partial charge in [-0.2, -0.15) is 4.37 Å². The van der Waals surface area contributed by atoms with Gasteiger partial charge in [0.05, 0.1) is 0 Å². The predicted molar refractivity (Wildman–Crippen MR) is 86.6 cm³/mol. The van der Waals surface area contributed by atoms with E-state index in [0.29, 0.717) is 12.0 Å². The standard InChI is InChI=1S/C15H28N4S/c1-4-7-14-17-15(20-18-14)19-9-6-5-8-13(19)11-16-10-12(2)3/h12-13,16H,4-11H2,1-3H3. The number of aromatic nitrogens is 2. The Hall–Kier alpha value is -0.680. The van der Waals surface area contributed by atoms with Crippen LogP contribution in [0.2, 0.25) is 0 Å². The SMILES string of the molecule is CCCc1nsc(N2CCCCC2CNCC(C)C)n1. The van der Waals surface area contributed by atoms with Crippen molar-refractivity contribution in [3.63, 3.8) is 0 Å². The van der Waals surface area contributed by atoms with E-state index >= 15 is 0 Å². The number of piperidine rings is 1. The third kappa shape index (κ3) is 4.42. The molecule has 1 atom stereocenters. The molecule has 1 aromatic rings. The molecule has 114 valence electrons. The monoisotopic (exact) mass is 296 g/mol. The van der Waals surface area contributed by atoms with Gasteiger partial charge in [-0.15, -0.1) is 0 Å². The van der Waals surface area contributed by atoms with Crippen LogP contribution in [0.3, 0.4) is 0 Å². The molecule has 0 spiro atoms. The lowest BCUT2D eigenvalue weighted by atomic mass is 10.0. The van der Waals surface area contributed by atoms with Gasteiger partial charge < -0.3 is 10.2 Å². The van der Waals surface area contributed by atoms with Gasteiger partial charge in [-0.3, -0.25) is 0 Å². The van der Waals surface area contributed by atoms with Crippen molar-refractivity contribution >= 4 is 16.7 Å². The zero-order valence-electron chi connectivity index (χ0n) is 13.1. The number of anilines is 1. The van der Waals surface area contributed by atoms with Crippen molar-refractivity contribution < 1.29 is 0 Å². The predicted octanol–water partition coefficient (Wildman–Crippen LogP) is 3.10. The molecule has 1 saturated heterocycles. The second-order valence-electron chi connectivity index (χ2n) is 6.14. The van der Waals surface area contributed by atoms with E-state index in [1.807, 2.05) is 0 Å². The van der Waals surface area contributed by atoms with E-state index in [-0.39, 0.29) is 0 Å². The lowest BCUT2D eigenvalue weighted by molar-refractivity contribution is 0.422. The lowest BCUT2D eigenvalue weighted by Gasteiger charge is -2.35. The molecule has 20 heavy (non-hydrogen) atoms. The summed E-state index contributed by atoms with van der Waals surface area (Å²) in [5, 5.41) is 4.73. The molecule has 0 saturated carbocycles. The number of aryl methyl sites for hydroxylation is 1. The van der Waals surface area contributed by atoms with Crippen LogP contribution in [-0.2, 0) is 6.42 Å². The molecule has 5 heteroatoms. The van der Waals surface area contributed by atoms with Gasteiger partial charge in [0.2, 0.25) is 5.13 Å². The largest absolute Gasteiger partial charge is 0.343 e. The van der Waals surface area contributed by atoms with Crippen LogP contribution in [-0.4, -0.2) is 35.0 Å². The molecule has 0 aliphatic carbocycles. The maximum Gasteiger partial charge on any atom is 0.205 e. The fourth-order valence-corrected chi connectivity index (χ4v) is 3.50. The molecule has 4 nitrogen and oxygen atoms in total. The molecule has 1 unspecified atom stereocenters. The highest BCUT2D eigenvalue weighted by atomic mass is 32.1. The van der Waals surface area contributed by atoms with E-state index < -0.39 is 0 Å². The summed E-state index contributed by atoms with van der Waals surface area (Å²) >= 11 is 1.58. The molecule has 1 aliphatic heterocycles. The van der Waals surface area contributed by atoms with E-state index in [4.69, 9.17) is 4.98 Å². The average molecular weight is 296 g/mol. The Morgan fingerprint density at radius 1 is 1.40 bits per heavy atom. The van der Waals surface area contributed by atoms with Crippen molar-refractivity contribution in [2.75, 3.05) is 24.5 Å². The van der Waals surface area contributed by atoms with Crippen LogP contribution in [0.4, 0.5) is 5.13 Å². The summed E-state index contributed by atoms with van der Waals surface area (Å²) in [7, 11) is 0. The fourth-order valence-electron chi connectivity index (χ4n) is 2.69. The topological polar surface area (TPSA) is 41.1 Å². The van der Waals surface area contributed by atoms with Crippen molar-refractivity contribution in [1.29, 1.82) is 0 Å². The number of nitrogens with one attached hydrogen (secondary N) is 1. The molecule has 0 amide bonds. The van der Waals surface area contributed by atoms with Crippen LogP contribution in [0.25, 0.3) is 0 Å². The number of hydrogen-bond donors (Lipinski definition) is 1. The molecule has 0 radical (unpaired) electrons. The maximum atomic E-state index is 4.72. The molecule has 1 fully saturated rings. The third-order valence-corrected chi connectivity index (χ3v) is 4.53. The molecule has 1 N–H and O–H groups in total. The molecule has 1 aliphatic rings. The summed E-state index contributed by atoms with van der Waals surface area (Å²) < 4.78 is 4.49. The van der Waals surface area contributed by atoms with Crippen molar-refractivity contribution in [1.82, 2.24) is 14.7 Å². The van der Waals surface area contributed by atoms with Gasteiger partial charge in [0.25, 0.3) is 0 Å². The van der Waals surface area contributed by atoms with Gasteiger partial charge in [0, 0.05) is 37.1 Å². The van der Waals surface area contributed by atoms with E-state index in [0.717, 1.165) is 43.4 Å². The van der Waals surface area contributed by atoms with Crippen LogP contribution in [0, 0.1) is 5.92 Å². The Morgan fingerprint density at radius 2 is 2.25 bits per heavy atom. The summed E-state index contributed by atoms with van der Waals surface area (Å²) in [4.78, 5) is 7.20. The van der Waals surface area contributed by atoms with Crippen LogP contribution in [0.1, 0.15) is 52.3 Å². The Morgan fingerprint density at radius 3 is 3.00 bits per heavy atom. The van der Waals surface area contributed by atoms with Crippen LogP contribution in [0.5, 0.6) is 0 Å². The third-order valence-electron chi connectivity index (χ3n) is 3.74. The molecular formula is C15H28N4S. The number of nitrogens with zero attached hydrogens (tertiary/aromatic N) is 3. The normalized spacial score (nSPS) is 19.8. The molecule has 1 aromatic heterocycles. The van der Waals surface area contributed by atoms with Gasteiger partial charge >= 0.3 is 0 Å². The highest BCUT2D eigenvalue weighted by Gasteiger charge is 2.25. The maximum absolute atomic E-state index is 4.72. The van der Waals surface area contributed by atoms with Crippen LogP contribution in [0.15, 0.2) is 0 Å². The second-order valence-corrected chi connectivity index (χ2v) is 6.87. The summed E-state index contributed by atoms with van der Waals surface area (Å²) in [6.07, 6.45) is 6.01. The smallest absolute Gasteiger partial charge is 0.205 e. The van der Waals surface area contributed by atoms with E-state index in [9.17, 15) is 0 Å². The van der Waals surface area contributed by atoms with E-state index in [1.54, 1.807) is 11.5 Å². The Kier molecular flexibility index (Phi) is 6.23. The minimum atomic E-state index is 0.588. The Balaban J connectivity index is 1.94. The van der Waals surface area contributed by atoms with Crippen molar-refractivity contribution in [2.45, 2.75) is 58.9 Å². The lowest BCUT2D eigenvalue weighted by Crippen LogP contribution is -2.46. The van der Waals surface area contributed by atoms with Gasteiger partial charge in [-0.05, 0) is 38.1 Å². The van der Waals surface area contributed by atoms with Crippen LogP contribution >= 0.6 is 11.5 Å². The first-order valence-electron chi connectivity index (χ1n) is 8.00. The van der Waals surface area contributed by atoms with Crippen LogP contribution < -0.4 is 10.2 Å². The fraction of sp³-hybridized carbons (Fsp3) is 0.867. The Labute approximate surface area is 127 Å². The average Bonchev–Trinajstić information content (AvgIpc) is 2.88. The highest BCUT2D eigenvalue weighted by Crippen LogP contribution is 2.26. The summed E-state index contributed by atoms with van der Waals surface area (Å²) in [6, 6.07) is 0.588. The zero-order chi connectivity index (χ0) is 14.4. The number of hydrogen-bond acceptors (Lipinski definition) is 5.